The number of hydrogen-bond acceptors (Lipinski definition) is 4. The topological polar surface area (TPSA) is 66.8 Å². The van der Waals surface area contributed by atoms with Crippen LogP contribution in [0.5, 0.6) is 5.75 Å². The third-order valence-corrected chi connectivity index (χ3v) is 10.7. The predicted molar refractivity (Wildman–Crippen MR) is 158 cm³/mol. The zero-order valence-corrected chi connectivity index (χ0v) is 25.0. The van der Waals surface area contributed by atoms with Gasteiger partial charge in [0, 0.05) is 18.0 Å². The van der Waals surface area contributed by atoms with Crippen molar-refractivity contribution >= 4 is 24.3 Å². The lowest BCUT2D eigenvalue weighted by Crippen LogP contribution is -2.61. The largest absolute Gasteiger partial charge is 0.481 e. The Bertz CT molecular complexity index is 994. The maximum absolute atomic E-state index is 12.9. The maximum Gasteiger partial charge on any atom is 0.314 e. The van der Waals surface area contributed by atoms with E-state index in [9.17, 15) is 9.59 Å². The Kier molecular flexibility index (Phi) is 10.4. The van der Waals surface area contributed by atoms with Gasteiger partial charge in [0.25, 0.3) is 0 Å². The molecule has 5 rings (SSSR count). The molecular weight excluding hydrogens is 510 g/mol. The Labute approximate surface area is 241 Å². The molecule has 1 aromatic rings. The zero-order valence-electron chi connectivity index (χ0n) is 24.2. The SMILES string of the molecule is CC(CCCCCCC(C)C(=O)Oc1ccc2c(c1)[C@@]13CCCC[C@H]1[C@@H](C2)N(CC1CCC1)CC3)C(=O)O.Cl. The van der Waals surface area contributed by atoms with Gasteiger partial charge in [0.1, 0.15) is 5.75 Å². The molecule has 0 amide bonds. The summed E-state index contributed by atoms with van der Waals surface area (Å²) in [6.45, 7) is 6.28. The minimum Gasteiger partial charge on any atom is -0.481 e. The highest BCUT2D eigenvalue weighted by atomic mass is 35.5. The molecule has 5 nitrogen and oxygen atoms in total. The number of carboxylic acid groups (broad SMARTS) is 1. The van der Waals surface area contributed by atoms with Crippen molar-refractivity contribution in [2.24, 2.45) is 23.7 Å². The van der Waals surface area contributed by atoms with Gasteiger partial charge in [-0.25, -0.2) is 0 Å². The highest BCUT2D eigenvalue weighted by Crippen LogP contribution is 2.56. The summed E-state index contributed by atoms with van der Waals surface area (Å²) in [6.07, 6.45) is 17.5. The van der Waals surface area contributed by atoms with Crippen LogP contribution >= 0.6 is 12.4 Å². The molecule has 2 saturated carbocycles. The van der Waals surface area contributed by atoms with Crippen LogP contribution in [0.2, 0.25) is 0 Å². The normalized spacial score (nSPS) is 27.7. The minimum absolute atomic E-state index is 0. The van der Waals surface area contributed by atoms with Gasteiger partial charge in [-0.3, -0.25) is 14.5 Å². The summed E-state index contributed by atoms with van der Waals surface area (Å²) < 4.78 is 5.97. The third kappa shape index (κ3) is 6.67. The minimum atomic E-state index is -0.712. The van der Waals surface area contributed by atoms with E-state index in [0.29, 0.717) is 6.04 Å². The van der Waals surface area contributed by atoms with E-state index in [-0.39, 0.29) is 35.6 Å². The number of aliphatic carboxylic acids is 1. The molecule has 2 unspecified atom stereocenters. The first-order valence-corrected chi connectivity index (χ1v) is 15.7. The zero-order chi connectivity index (χ0) is 26.7. The van der Waals surface area contributed by atoms with E-state index >= 15 is 0 Å². The summed E-state index contributed by atoms with van der Waals surface area (Å²) in [6, 6.07) is 7.25. The molecule has 1 saturated heterocycles. The Morgan fingerprint density at radius 2 is 1.74 bits per heavy atom. The molecule has 4 aliphatic rings. The number of carbonyl (C=O) groups is 2. The number of rotatable bonds is 12. The monoisotopic (exact) mass is 559 g/mol. The van der Waals surface area contributed by atoms with E-state index in [0.717, 1.165) is 62.5 Å². The van der Waals surface area contributed by atoms with Gasteiger partial charge in [0.2, 0.25) is 0 Å². The van der Waals surface area contributed by atoms with Crippen LogP contribution in [-0.4, -0.2) is 41.1 Å². The number of carboxylic acids is 1. The van der Waals surface area contributed by atoms with Crippen molar-refractivity contribution in [2.45, 2.75) is 122 Å². The Balaban J connectivity index is 0.00000353. The molecule has 0 radical (unpaired) electrons. The van der Waals surface area contributed by atoms with E-state index in [4.69, 9.17) is 9.84 Å². The average Bonchev–Trinajstić information content (AvgIpc) is 2.89. The van der Waals surface area contributed by atoms with Gasteiger partial charge in [-0.1, -0.05) is 64.9 Å². The molecule has 5 atom stereocenters. The van der Waals surface area contributed by atoms with Crippen molar-refractivity contribution in [1.29, 1.82) is 0 Å². The van der Waals surface area contributed by atoms with Crippen molar-refractivity contribution in [3.05, 3.63) is 29.3 Å². The van der Waals surface area contributed by atoms with Gasteiger partial charge in [0.15, 0.2) is 0 Å². The fourth-order valence-electron chi connectivity index (χ4n) is 8.07. The number of likely N-dealkylation sites (tertiary alicyclic amines) is 1. The number of piperidine rings is 1. The summed E-state index contributed by atoms with van der Waals surface area (Å²) in [4.78, 5) is 26.8. The van der Waals surface area contributed by atoms with Crippen molar-refractivity contribution in [3.8, 4) is 5.75 Å². The first kappa shape index (κ1) is 30.4. The Morgan fingerprint density at radius 1 is 1.00 bits per heavy atom. The van der Waals surface area contributed by atoms with Crippen LogP contribution in [0.4, 0.5) is 0 Å². The molecule has 39 heavy (non-hydrogen) atoms. The smallest absolute Gasteiger partial charge is 0.314 e. The van der Waals surface area contributed by atoms with Crippen LogP contribution in [0, 0.1) is 23.7 Å². The van der Waals surface area contributed by atoms with Gasteiger partial charge < -0.3 is 9.84 Å². The number of halogens is 1. The number of nitrogens with zero attached hydrogens (tertiary/aromatic N) is 1. The number of carbonyl (C=O) groups excluding carboxylic acids is 1. The molecule has 3 aliphatic carbocycles. The number of hydrogen-bond donors (Lipinski definition) is 1. The molecule has 1 N–H and O–H groups in total. The fraction of sp³-hybridized carbons (Fsp3) is 0.758. The molecule has 3 fully saturated rings. The van der Waals surface area contributed by atoms with Gasteiger partial charge >= 0.3 is 11.9 Å². The van der Waals surface area contributed by atoms with Crippen molar-refractivity contribution in [2.75, 3.05) is 13.1 Å². The lowest BCUT2D eigenvalue weighted by atomic mass is 9.52. The summed E-state index contributed by atoms with van der Waals surface area (Å²) in [5.74, 6) is 1.19. The average molecular weight is 560 g/mol. The van der Waals surface area contributed by atoms with Crippen LogP contribution < -0.4 is 4.74 Å². The summed E-state index contributed by atoms with van der Waals surface area (Å²) in [5, 5.41) is 9.00. The standard InChI is InChI=1S/C33H49NO4.ClH/c1-23(31(35)36)10-5-3-4-6-11-24(2)32(37)38-27-16-15-26-20-30-28-14-7-8-17-33(28,29(26)21-27)18-19-34(30)22-25-12-9-13-25;/h15-16,21,23-25,28,30H,3-14,17-20,22H2,1-2H3,(H,35,36);1H/t23?,24?,28-,30+,33+;/m0./s1. The van der Waals surface area contributed by atoms with E-state index in [1.807, 2.05) is 13.0 Å². The second kappa shape index (κ2) is 13.4. The second-order valence-electron chi connectivity index (χ2n) is 13.2. The van der Waals surface area contributed by atoms with Crippen LogP contribution in [0.3, 0.4) is 0 Å². The van der Waals surface area contributed by atoms with E-state index < -0.39 is 5.97 Å². The van der Waals surface area contributed by atoms with E-state index in [1.165, 1.54) is 75.6 Å². The first-order chi connectivity index (χ1) is 18.4. The van der Waals surface area contributed by atoms with Crippen molar-refractivity contribution < 1.29 is 19.4 Å². The molecule has 2 bridgehead atoms. The summed E-state index contributed by atoms with van der Waals surface area (Å²) in [7, 11) is 0. The molecule has 1 aliphatic heterocycles. The van der Waals surface area contributed by atoms with Gasteiger partial charge in [0.05, 0.1) is 11.8 Å². The Morgan fingerprint density at radius 3 is 2.44 bits per heavy atom. The molecule has 1 aromatic carbocycles. The number of unbranched alkanes of at least 4 members (excludes halogenated alkanes) is 3. The lowest BCUT2D eigenvalue weighted by Gasteiger charge is -2.59. The van der Waals surface area contributed by atoms with Gasteiger partial charge in [-0.15, -0.1) is 12.4 Å². The molecule has 1 heterocycles. The van der Waals surface area contributed by atoms with Crippen LogP contribution in [0.15, 0.2) is 18.2 Å². The summed E-state index contributed by atoms with van der Waals surface area (Å²) >= 11 is 0. The highest BCUT2D eigenvalue weighted by molar-refractivity contribution is 5.85. The van der Waals surface area contributed by atoms with Crippen LogP contribution in [-0.2, 0) is 21.4 Å². The van der Waals surface area contributed by atoms with Gasteiger partial charge in [-0.2, -0.15) is 0 Å². The molecule has 218 valence electrons. The summed E-state index contributed by atoms with van der Waals surface area (Å²) in [5.41, 5.74) is 3.27. The second-order valence-corrected chi connectivity index (χ2v) is 13.2. The Hall–Kier alpha value is -1.59. The number of ether oxygens (including phenoxy) is 1. The first-order valence-electron chi connectivity index (χ1n) is 15.7. The van der Waals surface area contributed by atoms with Crippen molar-refractivity contribution in [3.63, 3.8) is 0 Å². The van der Waals surface area contributed by atoms with Gasteiger partial charge in [-0.05, 0) is 93.0 Å². The molecule has 0 spiro atoms. The van der Waals surface area contributed by atoms with Crippen LogP contribution in [0.25, 0.3) is 0 Å². The molecule has 0 aromatic heterocycles. The van der Waals surface area contributed by atoms with E-state index in [2.05, 4.69) is 17.0 Å². The molecule has 6 heteroatoms. The lowest BCUT2D eigenvalue weighted by molar-refractivity contribution is -0.141. The third-order valence-electron chi connectivity index (χ3n) is 10.7. The van der Waals surface area contributed by atoms with E-state index in [1.54, 1.807) is 6.92 Å². The maximum atomic E-state index is 12.9. The highest BCUT2D eigenvalue weighted by Gasteiger charge is 2.54. The molecular formula is C33H50ClNO4. The van der Waals surface area contributed by atoms with Crippen LogP contribution in [0.1, 0.15) is 115 Å². The fourth-order valence-corrected chi connectivity index (χ4v) is 8.07. The van der Waals surface area contributed by atoms with Crippen molar-refractivity contribution in [1.82, 2.24) is 4.90 Å². The number of benzene rings is 1. The quantitative estimate of drug-likeness (QED) is 0.162. The number of esters is 1. The predicted octanol–water partition coefficient (Wildman–Crippen LogP) is 7.57. The number of fused-ring (bicyclic) bond motifs is 1.